The van der Waals surface area contributed by atoms with E-state index in [4.69, 9.17) is 4.42 Å². The van der Waals surface area contributed by atoms with Gasteiger partial charge in [0.1, 0.15) is 5.76 Å². The van der Waals surface area contributed by atoms with Gasteiger partial charge in [0.2, 0.25) is 5.91 Å². The summed E-state index contributed by atoms with van der Waals surface area (Å²) in [7, 11) is 0. The van der Waals surface area contributed by atoms with Crippen LogP contribution >= 0.6 is 23.1 Å². The molecule has 0 bridgehead atoms. The van der Waals surface area contributed by atoms with Crippen LogP contribution in [0.15, 0.2) is 40.3 Å². The number of hydrogen-bond acceptors (Lipinski definition) is 4. The molecule has 0 aliphatic heterocycles. The molecule has 0 saturated heterocycles. The lowest BCUT2D eigenvalue weighted by atomic mass is 10.2. The summed E-state index contributed by atoms with van der Waals surface area (Å²) < 4.78 is 5.34. The Balaban J connectivity index is 1.30. The molecule has 0 aromatic carbocycles. The van der Waals surface area contributed by atoms with Crippen LogP contribution in [-0.2, 0) is 10.5 Å². The predicted octanol–water partition coefficient (Wildman–Crippen LogP) is 3.49. The van der Waals surface area contributed by atoms with E-state index in [0.717, 1.165) is 30.2 Å². The third kappa shape index (κ3) is 3.46. The fourth-order valence-electron chi connectivity index (χ4n) is 2.25. The van der Waals surface area contributed by atoms with Crippen molar-refractivity contribution < 1.29 is 9.21 Å². The van der Waals surface area contributed by atoms with Crippen molar-refractivity contribution in [3.63, 3.8) is 0 Å². The second-order valence-corrected chi connectivity index (χ2v) is 7.02. The third-order valence-electron chi connectivity index (χ3n) is 3.41. The largest absolute Gasteiger partial charge is 0.469 e. The van der Waals surface area contributed by atoms with Crippen molar-refractivity contribution >= 4 is 29.0 Å². The van der Waals surface area contributed by atoms with Gasteiger partial charge in [-0.3, -0.25) is 4.79 Å². The van der Waals surface area contributed by atoms with E-state index >= 15 is 0 Å². The molecule has 2 unspecified atom stereocenters. The molecule has 1 fully saturated rings. The van der Waals surface area contributed by atoms with Gasteiger partial charge in [0.25, 0.3) is 0 Å². The number of furan rings is 1. The molecule has 0 radical (unpaired) electrons. The van der Waals surface area contributed by atoms with Gasteiger partial charge in [0.15, 0.2) is 0 Å². The lowest BCUT2D eigenvalue weighted by Crippen LogP contribution is -2.27. The van der Waals surface area contributed by atoms with Gasteiger partial charge in [-0.1, -0.05) is 6.07 Å². The number of carbonyl (C=O) groups excluding carboxylic acids is 1. The van der Waals surface area contributed by atoms with Crippen molar-refractivity contribution in [1.29, 1.82) is 0 Å². The van der Waals surface area contributed by atoms with Crippen molar-refractivity contribution in [2.24, 2.45) is 5.92 Å². The van der Waals surface area contributed by atoms with E-state index in [-0.39, 0.29) is 11.8 Å². The maximum atomic E-state index is 11.9. The highest BCUT2D eigenvalue weighted by Crippen LogP contribution is 2.47. The fraction of sp³-hybridized carbons (Fsp3) is 0.400. The summed E-state index contributed by atoms with van der Waals surface area (Å²) in [6.45, 7) is 0.746. The van der Waals surface area contributed by atoms with E-state index in [1.165, 1.54) is 4.88 Å². The van der Waals surface area contributed by atoms with Gasteiger partial charge in [-0.2, -0.15) is 11.8 Å². The van der Waals surface area contributed by atoms with E-state index in [2.05, 4.69) is 22.8 Å². The summed E-state index contributed by atoms with van der Waals surface area (Å²) in [5.41, 5.74) is 0. The standard InChI is InChI=1S/C15H17NO2S2/c17-15(13-9-12(13)14-4-1-6-18-14)16-5-8-19-10-11-3-2-7-20-11/h1-4,6-7,12-13H,5,8-10H2,(H,16,17). The molecule has 1 aliphatic rings. The molecular weight excluding hydrogens is 290 g/mol. The Labute approximate surface area is 126 Å². The number of nitrogens with one attached hydrogen (secondary N) is 1. The molecule has 1 saturated carbocycles. The van der Waals surface area contributed by atoms with Crippen molar-refractivity contribution in [3.05, 3.63) is 46.5 Å². The highest BCUT2D eigenvalue weighted by atomic mass is 32.2. The summed E-state index contributed by atoms with van der Waals surface area (Å²) in [5.74, 6) is 3.51. The van der Waals surface area contributed by atoms with Gasteiger partial charge < -0.3 is 9.73 Å². The highest BCUT2D eigenvalue weighted by Gasteiger charge is 2.45. The van der Waals surface area contributed by atoms with Crippen LogP contribution in [0.5, 0.6) is 0 Å². The predicted molar refractivity (Wildman–Crippen MR) is 83.0 cm³/mol. The van der Waals surface area contributed by atoms with Gasteiger partial charge in [-0.25, -0.2) is 0 Å². The summed E-state index contributed by atoms with van der Waals surface area (Å²) >= 11 is 3.64. The Morgan fingerprint density at radius 1 is 1.45 bits per heavy atom. The second kappa shape index (κ2) is 6.50. The summed E-state index contributed by atoms with van der Waals surface area (Å²) in [4.78, 5) is 13.3. The Bertz CT molecular complexity index is 536. The first-order valence-electron chi connectivity index (χ1n) is 6.76. The molecular formula is C15H17NO2S2. The van der Waals surface area contributed by atoms with Gasteiger partial charge in [-0.05, 0) is 30.0 Å². The van der Waals surface area contributed by atoms with Gasteiger partial charge >= 0.3 is 0 Å². The first-order chi connectivity index (χ1) is 9.84. The second-order valence-electron chi connectivity index (χ2n) is 4.89. The molecule has 2 heterocycles. The van der Waals surface area contributed by atoms with Crippen LogP contribution in [0, 0.1) is 5.92 Å². The monoisotopic (exact) mass is 307 g/mol. The van der Waals surface area contributed by atoms with Crippen LogP contribution in [0.3, 0.4) is 0 Å². The van der Waals surface area contributed by atoms with E-state index in [1.54, 1.807) is 17.6 Å². The van der Waals surface area contributed by atoms with Crippen LogP contribution in [0.25, 0.3) is 0 Å². The fourth-order valence-corrected chi connectivity index (χ4v) is 3.95. The molecule has 3 rings (SSSR count). The minimum Gasteiger partial charge on any atom is -0.469 e. The van der Waals surface area contributed by atoms with Crippen LogP contribution in [0.2, 0.25) is 0 Å². The number of rotatable bonds is 7. The Hall–Kier alpha value is -1.20. The van der Waals surface area contributed by atoms with Crippen molar-refractivity contribution in [1.82, 2.24) is 5.32 Å². The van der Waals surface area contributed by atoms with Gasteiger partial charge in [0.05, 0.1) is 6.26 Å². The maximum absolute atomic E-state index is 11.9. The molecule has 106 valence electrons. The average molecular weight is 307 g/mol. The molecule has 1 amide bonds. The topological polar surface area (TPSA) is 42.2 Å². The quantitative estimate of drug-likeness (QED) is 0.796. The lowest BCUT2D eigenvalue weighted by Gasteiger charge is -2.04. The molecule has 3 nitrogen and oxygen atoms in total. The molecule has 5 heteroatoms. The summed E-state index contributed by atoms with van der Waals surface area (Å²) in [5, 5.41) is 5.12. The van der Waals surface area contributed by atoms with Gasteiger partial charge in [-0.15, -0.1) is 11.3 Å². The average Bonchev–Trinajstić information content (AvgIpc) is 2.90. The first kappa shape index (κ1) is 13.8. The van der Waals surface area contributed by atoms with E-state index in [1.807, 2.05) is 23.9 Å². The molecule has 2 atom stereocenters. The van der Waals surface area contributed by atoms with Crippen LogP contribution < -0.4 is 5.32 Å². The Kier molecular flexibility index (Phi) is 4.47. The molecule has 2 aromatic rings. The SMILES string of the molecule is O=C(NCCSCc1cccs1)C1CC1c1ccco1. The van der Waals surface area contributed by atoms with Crippen molar-refractivity contribution in [2.45, 2.75) is 18.1 Å². The highest BCUT2D eigenvalue weighted by molar-refractivity contribution is 7.98. The summed E-state index contributed by atoms with van der Waals surface area (Å²) in [6.07, 6.45) is 2.59. The van der Waals surface area contributed by atoms with E-state index < -0.39 is 0 Å². The lowest BCUT2D eigenvalue weighted by molar-refractivity contribution is -0.122. The third-order valence-corrected chi connectivity index (χ3v) is 5.47. The smallest absolute Gasteiger partial charge is 0.223 e. The zero-order valence-corrected chi connectivity index (χ0v) is 12.7. The molecule has 0 spiro atoms. The zero-order valence-electron chi connectivity index (χ0n) is 11.1. The van der Waals surface area contributed by atoms with Crippen LogP contribution in [0.4, 0.5) is 0 Å². The maximum Gasteiger partial charge on any atom is 0.223 e. The molecule has 1 aliphatic carbocycles. The minimum absolute atomic E-state index is 0.114. The van der Waals surface area contributed by atoms with Gasteiger partial charge in [0, 0.05) is 34.8 Å². The molecule has 2 aromatic heterocycles. The number of thiophene rings is 1. The minimum atomic E-state index is 0.114. The zero-order chi connectivity index (χ0) is 13.8. The van der Waals surface area contributed by atoms with Crippen molar-refractivity contribution in [3.8, 4) is 0 Å². The van der Waals surface area contributed by atoms with E-state index in [0.29, 0.717) is 5.92 Å². The number of carbonyl (C=O) groups is 1. The van der Waals surface area contributed by atoms with Crippen LogP contribution in [0.1, 0.15) is 23.0 Å². The van der Waals surface area contributed by atoms with Crippen LogP contribution in [-0.4, -0.2) is 18.2 Å². The van der Waals surface area contributed by atoms with Crippen molar-refractivity contribution in [2.75, 3.05) is 12.3 Å². The summed E-state index contributed by atoms with van der Waals surface area (Å²) in [6, 6.07) is 8.05. The van der Waals surface area contributed by atoms with E-state index in [9.17, 15) is 4.79 Å². The number of hydrogen-bond donors (Lipinski definition) is 1. The first-order valence-corrected chi connectivity index (χ1v) is 8.79. The number of thioether (sulfide) groups is 1. The molecule has 1 N–H and O–H groups in total. The normalized spacial score (nSPS) is 20.8. The number of amides is 1. The Morgan fingerprint density at radius 2 is 2.40 bits per heavy atom. The molecule has 20 heavy (non-hydrogen) atoms. The Morgan fingerprint density at radius 3 is 3.15 bits per heavy atom.